The van der Waals surface area contributed by atoms with Crippen molar-refractivity contribution in [3.05, 3.63) is 169 Å². The Morgan fingerprint density at radius 3 is 1.54 bits per heavy atom. The van der Waals surface area contributed by atoms with Crippen LogP contribution in [-0.2, 0) is 0 Å². The summed E-state index contributed by atoms with van der Waals surface area (Å²) < 4.78 is 17.4. The lowest BCUT2D eigenvalue weighted by Crippen LogP contribution is -2.02. The largest absolute Gasteiger partial charge is 0.455 e. The van der Waals surface area contributed by atoms with Gasteiger partial charge in [0.25, 0.3) is 0 Å². The predicted molar refractivity (Wildman–Crippen MR) is 225 cm³/mol. The third kappa shape index (κ3) is 3.97. The van der Waals surface area contributed by atoms with Crippen molar-refractivity contribution in [2.75, 3.05) is 0 Å². The van der Waals surface area contributed by atoms with Crippen molar-refractivity contribution in [2.24, 2.45) is 0 Å². The first kappa shape index (κ1) is 30.4. The van der Waals surface area contributed by atoms with Crippen molar-refractivity contribution in [3.63, 3.8) is 0 Å². The number of hydrogen-bond acceptors (Lipinski definition) is 4. The van der Waals surface area contributed by atoms with Crippen LogP contribution < -0.4 is 0 Å². The molecule has 0 amide bonds. The molecule has 0 bridgehead atoms. The summed E-state index contributed by atoms with van der Waals surface area (Å²) in [6.45, 7) is 0. The standard InChI is InChI=1S/C50H26N4O2/c51-27-29-10-9-15-35(48(29)54-41-17-6-2-14-39(41)47-43(54)25-23-37-34-12-4-8-19-45(34)56-50(37)47)32-21-20-31(26-30(32)28-52)53-40-16-5-1-13-38(40)46-42(53)24-22-36-33-11-3-7-18-44(33)55-49(36)46/h1-26H. The van der Waals surface area contributed by atoms with Crippen LogP contribution in [0, 0.1) is 22.7 Å². The van der Waals surface area contributed by atoms with E-state index in [-0.39, 0.29) is 0 Å². The minimum absolute atomic E-state index is 0.495. The highest BCUT2D eigenvalue weighted by Gasteiger charge is 2.24. The quantitative estimate of drug-likeness (QED) is 0.182. The topological polar surface area (TPSA) is 83.7 Å². The number of fused-ring (bicyclic) bond motifs is 14. The second kappa shape index (κ2) is 11.2. The summed E-state index contributed by atoms with van der Waals surface area (Å²) in [5, 5.41) is 29.9. The summed E-state index contributed by atoms with van der Waals surface area (Å²) in [4.78, 5) is 0. The highest BCUT2D eigenvalue weighted by molar-refractivity contribution is 6.25. The zero-order chi connectivity index (χ0) is 37.1. The lowest BCUT2D eigenvalue weighted by Gasteiger charge is -2.17. The van der Waals surface area contributed by atoms with E-state index < -0.39 is 0 Å². The number of hydrogen-bond donors (Lipinski definition) is 0. The van der Waals surface area contributed by atoms with Gasteiger partial charge in [0.05, 0.1) is 55.7 Å². The molecule has 6 nitrogen and oxygen atoms in total. The number of rotatable bonds is 3. The van der Waals surface area contributed by atoms with Crippen molar-refractivity contribution >= 4 is 87.5 Å². The Hall–Kier alpha value is -8.06. The molecule has 0 fully saturated rings. The zero-order valence-corrected chi connectivity index (χ0v) is 29.6. The van der Waals surface area contributed by atoms with Crippen molar-refractivity contribution in [1.29, 1.82) is 10.5 Å². The summed E-state index contributed by atoms with van der Waals surface area (Å²) in [5.74, 6) is 0. The molecule has 0 aliphatic rings. The molecule has 4 aromatic heterocycles. The van der Waals surface area contributed by atoms with Crippen LogP contribution in [0.4, 0.5) is 0 Å². The lowest BCUT2D eigenvalue weighted by molar-refractivity contribution is 0.672. The second-order valence-corrected chi connectivity index (χ2v) is 14.2. The minimum atomic E-state index is 0.495. The van der Waals surface area contributed by atoms with Gasteiger partial charge < -0.3 is 18.0 Å². The molecular formula is C50H26N4O2. The number of para-hydroxylation sites is 5. The molecular weight excluding hydrogens is 689 g/mol. The maximum Gasteiger partial charge on any atom is 0.145 e. The van der Waals surface area contributed by atoms with Gasteiger partial charge >= 0.3 is 0 Å². The van der Waals surface area contributed by atoms with Crippen molar-refractivity contribution in [1.82, 2.24) is 9.13 Å². The van der Waals surface area contributed by atoms with Gasteiger partial charge in [-0.3, -0.25) is 0 Å². The predicted octanol–water partition coefficient (Wildman–Crippen LogP) is 13.1. The number of aromatic nitrogens is 2. The summed E-state index contributed by atoms with van der Waals surface area (Å²) in [5.41, 5.74) is 11.3. The maximum atomic E-state index is 10.9. The second-order valence-electron chi connectivity index (χ2n) is 14.2. The van der Waals surface area contributed by atoms with E-state index in [1.165, 1.54) is 0 Å². The van der Waals surface area contributed by atoms with Crippen molar-refractivity contribution in [3.8, 4) is 34.6 Å². The van der Waals surface area contributed by atoms with Crippen LogP contribution >= 0.6 is 0 Å². The van der Waals surface area contributed by atoms with E-state index in [1.54, 1.807) is 0 Å². The van der Waals surface area contributed by atoms with Crippen LogP contribution in [0.25, 0.3) is 110 Å². The molecule has 4 heterocycles. The average Bonchev–Trinajstić information content (AvgIpc) is 4.00. The van der Waals surface area contributed by atoms with E-state index in [9.17, 15) is 10.5 Å². The van der Waals surface area contributed by atoms with Crippen LogP contribution in [-0.4, -0.2) is 9.13 Å². The van der Waals surface area contributed by atoms with Gasteiger partial charge in [0, 0.05) is 49.1 Å². The molecule has 12 rings (SSSR count). The SMILES string of the molecule is N#Cc1cc(-n2c3ccccc3c3c4oc5ccccc5c4ccc32)ccc1-c1cccc(C#N)c1-n1c2ccccc2c2c3oc4ccccc4c3ccc21. The van der Waals surface area contributed by atoms with Gasteiger partial charge in [-0.2, -0.15) is 10.5 Å². The van der Waals surface area contributed by atoms with E-state index in [2.05, 4.69) is 94.1 Å². The maximum absolute atomic E-state index is 10.9. The number of nitriles is 2. The number of benzene rings is 8. The monoisotopic (exact) mass is 714 g/mol. The number of nitrogens with zero attached hydrogens (tertiary/aromatic N) is 4. The van der Waals surface area contributed by atoms with E-state index in [0.29, 0.717) is 16.8 Å². The van der Waals surface area contributed by atoms with Gasteiger partial charge in [-0.15, -0.1) is 0 Å². The molecule has 0 radical (unpaired) electrons. The molecule has 0 aliphatic carbocycles. The number of furan rings is 2. The van der Waals surface area contributed by atoms with Gasteiger partial charge in [-0.05, 0) is 66.7 Å². The van der Waals surface area contributed by atoms with Gasteiger partial charge in [0.1, 0.15) is 28.4 Å². The molecule has 6 heteroatoms. The van der Waals surface area contributed by atoms with E-state index in [4.69, 9.17) is 8.83 Å². The summed E-state index contributed by atoms with van der Waals surface area (Å²) >= 11 is 0. The molecule has 0 spiro atoms. The summed E-state index contributed by atoms with van der Waals surface area (Å²) in [7, 11) is 0. The Morgan fingerprint density at radius 2 is 0.929 bits per heavy atom. The van der Waals surface area contributed by atoms with Crippen LogP contribution in [0.15, 0.2) is 167 Å². The first-order valence-corrected chi connectivity index (χ1v) is 18.5. The van der Waals surface area contributed by atoms with Crippen LogP contribution in [0.2, 0.25) is 0 Å². The summed E-state index contributed by atoms with van der Waals surface area (Å²) in [6, 6.07) is 58.1. The Kier molecular flexibility index (Phi) is 6.10. The molecule has 56 heavy (non-hydrogen) atoms. The molecule has 258 valence electrons. The molecule has 8 aromatic carbocycles. The fourth-order valence-corrected chi connectivity index (χ4v) is 9.08. The molecule has 0 saturated carbocycles. The Labute approximate surface area is 318 Å². The van der Waals surface area contributed by atoms with Gasteiger partial charge in [-0.1, -0.05) is 91.0 Å². The third-order valence-corrected chi connectivity index (χ3v) is 11.4. The van der Waals surface area contributed by atoms with Crippen LogP contribution in [0.5, 0.6) is 0 Å². The normalized spacial score (nSPS) is 11.9. The molecule has 12 aromatic rings. The minimum Gasteiger partial charge on any atom is -0.455 e. The lowest BCUT2D eigenvalue weighted by atomic mass is 9.95. The molecule has 0 atom stereocenters. The smallest absolute Gasteiger partial charge is 0.145 e. The highest BCUT2D eigenvalue weighted by Crippen LogP contribution is 2.45. The Bertz CT molecular complexity index is 3750. The first-order chi connectivity index (χ1) is 27.7. The van der Waals surface area contributed by atoms with E-state index >= 15 is 0 Å². The first-order valence-electron chi connectivity index (χ1n) is 18.5. The summed E-state index contributed by atoms with van der Waals surface area (Å²) in [6.07, 6.45) is 0. The van der Waals surface area contributed by atoms with Crippen LogP contribution in [0.1, 0.15) is 11.1 Å². The highest BCUT2D eigenvalue weighted by atomic mass is 16.3. The van der Waals surface area contributed by atoms with Gasteiger partial charge in [-0.25, -0.2) is 0 Å². The Balaban J connectivity index is 1.11. The molecule has 0 aliphatic heterocycles. The van der Waals surface area contributed by atoms with Gasteiger partial charge in [0.15, 0.2) is 0 Å². The molecule has 0 N–H and O–H groups in total. The van der Waals surface area contributed by atoms with Crippen LogP contribution in [0.3, 0.4) is 0 Å². The zero-order valence-electron chi connectivity index (χ0n) is 29.6. The third-order valence-electron chi connectivity index (χ3n) is 11.4. The average molecular weight is 715 g/mol. The Morgan fingerprint density at radius 1 is 0.393 bits per heavy atom. The van der Waals surface area contributed by atoms with E-state index in [0.717, 1.165) is 104 Å². The van der Waals surface area contributed by atoms with Crippen molar-refractivity contribution in [2.45, 2.75) is 0 Å². The molecule has 0 unspecified atom stereocenters. The molecule has 0 saturated heterocycles. The fourth-order valence-electron chi connectivity index (χ4n) is 9.08. The van der Waals surface area contributed by atoms with E-state index in [1.807, 2.05) is 84.9 Å². The fraction of sp³-hybridized carbons (Fsp3) is 0. The van der Waals surface area contributed by atoms with Gasteiger partial charge in [0.2, 0.25) is 0 Å². The van der Waals surface area contributed by atoms with Crippen molar-refractivity contribution < 1.29 is 8.83 Å².